The highest BCUT2D eigenvalue weighted by molar-refractivity contribution is 5.36. The summed E-state index contributed by atoms with van der Waals surface area (Å²) >= 11 is 0. The number of alkyl halides is 2. The highest BCUT2D eigenvalue weighted by Crippen LogP contribution is 2.07. The van der Waals surface area contributed by atoms with Crippen molar-refractivity contribution < 1.29 is 8.78 Å². The first-order valence-electron chi connectivity index (χ1n) is 5.36. The van der Waals surface area contributed by atoms with Crippen LogP contribution in [0.25, 0.3) is 0 Å². The summed E-state index contributed by atoms with van der Waals surface area (Å²) in [6, 6.07) is 7.52. The molecule has 92 valence electrons. The molecule has 1 aromatic rings. The topological polar surface area (TPSA) is 29.3 Å². The largest absolute Gasteiger partial charge is 0.320 e. The van der Waals surface area contributed by atoms with Gasteiger partial charge in [0.2, 0.25) is 0 Å². The van der Waals surface area contributed by atoms with Crippen molar-refractivity contribution in [2.75, 3.05) is 20.1 Å². The summed E-state index contributed by atoms with van der Waals surface area (Å²) in [4.78, 5) is 1.59. The molecule has 0 radical (unpaired) electrons. The maximum atomic E-state index is 12.1. The molecular weight excluding hydrogens is 222 g/mol. The zero-order valence-electron chi connectivity index (χ0n) is 9.79. The molecule has 0 aliphatic carbocycles. The van der Waals surface area contributed by atoms with Crippen LogP contribution in [0.1, 0.15) is 11.1 Å². The molecule has 1 aromatic carbocycles. The van der Waals surface area contributed by atoms with Gasteiger partial charge in [0.15, 0.2) is 0 Å². The number of hydrogen-bond acceptors (Lipinski definition) is 2. The van der Waals surface area contributed by atoms with Crippen LogP contribution in [-0.4, -0.2) is 31.5 Å². The summed E-state index contributed by atoms with van der Waals surface area (Å²) in [5.41, 5.74) is 7.14. The van der Waals surface area contributed by atoms with Crippen molar-refractivity contribution in [2.24, 2.45) is 5.73 Å². The molecule has 0 aliphatic rings. The fourth-order valence-electron chi connectivity index (χ4n) is 1.46. The van der Waals surface area contributed by atoms with Gasteiger partial charge in [-0.2, -0.15) is 0 Å². The molecule has 0 amide bonds. The van der Waals surface area contributed by atoms with E-state index < -0.39 is 6.43 Å². The third kappa shape index (κ3) is 5.43. The molecule has 4 heteroatoms. The van der Waals surface area contributed by atoms with Crippen LogP contribution < -0.4 is 5.73 Å². The Labute approximate surface area is 100 Å². The molecule has 0 spiro atoms. The Hall–Kier alpha value is -1.44. The lowest BCUT2D eigenvalue weighted by Crippen LogP contribution is -2.24. The lowest BCUT2D eigenvalue weighted by molar-refractivity contribution is 0.0975. The van der Waals surface area contributed by atoms with Crippen molar-refractivity contribution >= 4 is 0 Å². The Kier molecular flexibility index (Phi) is 5.61. The van der Waals surface area contributed by atoms with E-state index >= 15 is 0 Å². The van der Waals surface area contributed by atoms with Crippen LogP contribution in [0.4, 0.5) is 8.78 Å². The highest BCUT2D eigenvalue weighted by Gasteiger charge is 2.07. The fourth-order valence-corrected chi connectivity index (χ4v) is 1.46. The van der Waals surface area contributed by atoms with Crippen molar-refractivity contribution in [1.29, 1.82) is 0 Å². The molecule has 0 aliphatic heterocycles. The molecule has 0 saturated heterocycles. The third-order valence-electron chi connectivity index (χ3n) is 2.19. The van der Waals surface area contributed by atoms with E-state index in [-0.39, 0.29) is 6.54 Å². The molecule has 0 fully saturated rings. The van der Waals surface area contributed by atoms with Gasteiger partial charge in [-0.3, -0.25) is 4.90 Å². The van der Waals surface area contributed by atoms with E-state index in [4.69, 9.17) is 5.73 Å². The van der Waals surface area contributed by atoms with Gasteiger partial charge in [-0.1, -0.05) is 24.0 Å². The second-order valence-corrected chi connectivity index (χ2v) is 3.79. The standard InChI is InChI=1S/C13H16F2N2/c1-17(10-13(14)15)9-12-6-4-11(5-7-12)3-2-8-16/h4-7,13H,8-10,16H2,1H3. The van der Waals surface area contributed by atoms with Gasteiger partial charge in [0.25, 0.3) is 6.43 Å². The van der Waals surface area contributed by atoms with Crippen molar-refractivity contribution in [3.63, 3.8) is 0 Å². The first kappa shape index (κ1) is 13.6. The van der Waals surface area contributed by atoms with E-state index in [0.29, 0.717) is 13.1 Å². The fraction of sp³-hybridized carbons (Fsp3) is 0.385. The van der Waals surface area contributed by atoms with E-state index in [1.807, 2.05) is 24.3 Å². The average molecular weight is 238 g/mol. The van der Waals surface area contributed by atoms with Crippen LogP contribution in [0.3, 0.4) is 0 Å². The number of nitrogens with two attached hydrogens (primary N) is 1. The van der Waals surface area contributed by atoms with Gasteiger partial charge in [0.1, 0.15) is 0 Å². The number of rotatable bonds is 4. The lowest BCUT2D eigenvalue weighted by Gasteiger charge is -2.15. The molecule has 0 heterocycles. The average Bonchev–Trinajstić information content (AvgIpc) is 2.27. The molecule has 2 N–H and O–H groups in total. The van der Waals surface area contributed by atoms with Crippen LogP contribution in [0.2, 0.25) is 0 Å². The Morgan fingerprint density at radius 1 is 1.29 bits per heavy atom. The number of nitrogens with zero attached hydrogens (tertiary/aromatic N) is 1. The Morgan fingerprint density at radius 2 is 1.94 bits per heavy atom. The van der Waals surface area contributed by atoms with Gasteiger partial charge in [-0.05, 0) is 24.7 Å². The van der Waals surface area contributed by atoms with Gasteiger partial charge in [0, 0.05) is 12.1 Å². The van der Waals surface area contributed by atoms with Gasteiger partial charge in [-0.15, -0.1) is 0 Å². The SMILES string of the molecule is CN(Cc1ccc(C#CCN)cc1)CC(F)F. The molecule has 0 aromatic heterocycles. The summed E-state index contributed by atoms with van der Waals surface area (Å²) in [7, 11) is 1.67. The quantitative estimate of drug-likeness (QED) is 0.809. The number of benzene rings is 1. The van der Waals surface area contributed by atoms with Crippen LogP contribution >= 0.6 is 0 Å². The maximum absolute atomic E-state index is 12.1. The van der Waals surface area contributed by atoms with Gasteiger partial charge in [0.05, 0.1) is 13.1 Å². The van der Waals surface area contributed by atoms with Gasteiger partial charge < -0.3 is 5.73 Å². The smallest absolute Gasteiger partial charge is 0.251 e. The van der Waals surface area contributed by atoms with E-state index in [0.717, 1.165) is 11.1 Å². The van der Waals surface area contributed by atoms with Crippen molar-refractivity contribution in [1.82, 2.24) is 4.90 Å². The normalized spacial score (nSPS) is 10.5. The van der Waals surface area contributed by atoms with Gasteiger partial charge in [-0.25, -0.2) is 8.78 Å². The molecule has 0 atom stereocenters. The van der Waals surface area contributed by atoms with E-state index in [1.165, 1.54) is 0 Å². The van der Waals surface area contributed by atoms with Crippen LogP contribution in [-0.2, 0) is 6.54 Å². The van der Waals surface area contributed by atoms with Crippen molar-refractivity contribution in [3.05, 3.63) is 35.4 Å². The summed E-state index contributed by atoms with van der Waals surface area (Å²) in [5, 5.41) is 0. The lowest BCUT2D eigenvalue weighted by atomic mass is 10.1. The summed E-state index contributed by atoms with van der Waals surface area (Å²) in [6.07, 6.45) is -2.30. The second-order valence-electron chi connectivity index (χ2n) is 3.79. The monoisotopic (exact) mass is 238 g/mol. The minimum atomic E-state index is -2.30. The predicted molar refractivity (Wildman–Crippen MR) is 64.7 cm³/mol. The molecule has 0 unspecified atom stereocenters. The summed E-state index contributed by atoms with van der Waals surface area (Å²) < 4.78 is 24.2. The predicted octanol–water partition coefficient (Wildman–Crippen LogP) is 1.69. The summed E-state index contributed by atoms with van der Waals surface area (Å²) in [5.74, 6) is 5.67. The first-order valence-corrected chi connectivity index (χ1v) is 5.36. The number of halogens is 2. The van der Waals surface area contributed by atoms with Crippen molar-refractivity contribution in [3.8, 4) is 11.8 Å². The van der Waals surface area contributed by atoms with E-state index in [1.54, 1.807) is 11.9 Å². The number of hydrogen-bond donors (Lipinski definition) is 1. The molecule has 2 nitrogen and oxygen atoms in total. The highest BCUT2D eigenvalue weighted by atomic mass is 19.3. The minimum absolute atomic E-state index is 0.214. The maximum Gasteiger partial charge on any atom is 0.251 e. The summed E-state index contributed by atoms with van der Waals surface area (Å²) in [6.45, 7) is 0.628. The molecule has 1 rings (SSSR count). The Balaban J connectivity index is 2.56. The van der Waals surface area contributed by atoms with Crippen LogP contribution in [0, 0.1) is 11.8 Å². The van der Waals surface area contributed by atoms with E-state index in [9.17, 15) is 8.78 Å². The molecule has 0 bridgehead atoms. The van der Waals surface area contributed by atoms with Crippen LogP contribution in [0.15, 0.2) is 24.3 Å². The minimum Gasteiger partial charge on any atom is -0.320 e. The molecule has 17 heavy (non-hydrogen) atoms. The third-order valence-corrected chi connectivity index (χ3v) is 2.19. The first-order chi connectivity index (χ1) is 8.11. The Morgan fingerprint density at radius 3 is 2.47 bits per heavy atom. The zero-order chi connectivity index (χ0) is 12.7. The molecule has 0 saturated carbocycles. The van der Waals surface area contributed by atoms with Crippen molar-refractivity contribution in [2.45, 2.75) is 13.0 Å². The second kappa shape index (κ2) is 7.00. The zero-order valence-corrected chi connectivity index (χ0v) is 9.79. The van der Waals surface area contributed by atoms with E-state index in [2.05, 4.69) is 11.8 Å². The van der Waals surface area contributed by atoms with Crippen LogP contribution in [0.5, 0.6) is 0 Å². The van der Waals surface area contributed by atoms with Gasteiger partial charge >= 0.3 is 0 Å². The Bertz CT molecular complexity index is 390. The molecular formula is C13H16F2N2.